The summed E-state index contributed by atoms with van der Waals surface area (Å²) < 4.78 is 31.4. The predicted octanol–water partition coefficient (Wildman–Crippen LogP) is 2.41. The molecular weight excluding hydrogens is 390 g/mol. The van der Waals surface area contributed by atoms with Gasteiger partial charge in [-0.05, 0) is 43.7 Å². The summed E-state index contributed by atoms with van der Waals surface area (Å²) in [5, 5.41) is 2.83. The van der Waals surface area contributed by atoms with Gasteiger partial charge in [-0.1, -0.05) is 24.3 Å². The van der Waals surface area contributed by atoms with Gasteiger partial charge in [-0.2, -0.15) is 0 Å². The van der Waals surface area contributed by atoms with Crippen molar-refractivity contribution in [3.63, 3.8) is 0 Å². The molecule has 7 nitrogen and oxygen atoms in total. The molecule has 0 radical (unpaired) electrons. The van der Waals surface area contributed by atoms with Crippen LogP contribution < -0.4 is 19.3 Å². The second kappa shape index (κ2) is 9.65. The van der Waals surface area contributed by atoms with Crippen LogP contribution >= 0.6 is 0 Å². The molecule has 29 heavy (non-hydrogen) atoms. The summed E-state index contributed by atoms with van der Waals surface area (Å²) in [6, 6.07) is 14.1. The van der Waals surface area contributed by atoms with Gasteiger partial charge in [0.05, 0.1) is 19.1 Å². The summed E-state index contributed by atoms with van der Waals surface area (Å²) in [6.45, 7) is 4.40. The molecule has 0 aliphatic carbocycles. The summed E-state index contributed by atoms with van der Waals surface area (Å²) in [5.74, 6) is 0.0185. The number of nitrogens with one attached hydrogen (secondary N) is 1. The lowest BCUT2D eigenvalue weighted by atomic mass is 10.2. The Morgan fingerprint density at radius 1 is 1.17 bits per heavy atom. The minimum Gasteiger partial charge on any atom is -0.495 e. The van der Waals surface area contributed by atoms with E-state index in [1.807, 2.05) is 55.3 Å². The van der Waals surface area contributed by atoms with Crippen LogP contribution in [0.3, 0.4) is 0 Å². The van der Waals surface area contributed by atoms with Gasteiger partial charge in [-0.3, -0.25) is 9.10 Å². The number of carbonyl (C=O) groups is 1. The smallest absolute Gasteiger partial charge is 0.243 e. The topological polar surface area (TPSA) is 79.0 Å². The van der Waals surface area contributed by atoms with Crippen LogP contribution in [0.4, 0.5) is 11.4 Å². The Bertz CT molecular complexity index is 932. The van der Waals surface area contributed by atoms with E-state index in [0.29, 0.717) is 24.5 Å². The maximum absolute atomic E-state index is 12.7. The van der Waals surface area contributed by atoms with Crippen LogP contribution in [-0.4, -0.2) is 53.9 Å². The zero-order valence-corrected chi connectivity index (χ0v) is 18.4. The molecule has 1 atom stereocenters. The Morgan fingerprint density at radius 2 is 1.83 bits per heavy atom. The largest absolute Gasteiger partial charge is 0.495 e. The highest BCUT2D eigenvalue weighted by atomic mass is 32.2. The van der Waals surface area contributed by atoms with E-state index in [9.17, 15) is 13.2 Å². The van der Waals surface area contributed by atoms with E-state index in [2.05, 4.69) is 5.32 Å². The first-order valence-electron chi connectivity index (χ1n) is 9.33. The summed E-state index contributed by atoms with van der Waals surface area (Å²) >= 11 is 0. The zero-order valence-electron chi connectivity index (χ0n) is 17.5. The van der Waals surface area contributed by atoms with E-state index in [0.717, 1.165) is 21.8 Å². The standard InChI is InChI=1S/C21H29N3O4S/c1-16-11-12-20(28-4)19(15-16)24(29(5,26)27)17(2)21(25)22-13-14-23(3)18-9-7-6-8-10-18/h6-12,15,17H,13-14H2,1-5H3,(H,22,25)/t17-/m1/s1. The fraction of sp³-hybridized carbons (Fsp3) is 0.381. The lowest BCUT2D eigenvalue weighted by Crippen LogP contribution is -2.49. The van der Waals surface area contributed by atoms with Crippen molar-refractivity contribution in [1.29, 1.82) is 0 Å². The molecule has 0 bridgehead atoms. The average Bonchev–Trinajstić information content (AvgIpc) is 2.67. The molecule has 0 aliphatic rings. The maximum Gasteiger partial charge on any atom is 0.243 e. The summed E-state index contributed by atoms with van der Waals surface area (Å²) in [4.78, 5) is 14.7. The number of methoxy groups -OCH3 is 1. The summed E-state index contributed by atoms with van der Waals surface area (Å²) in [7, 11) is -0.307. The third-order valence-electron chi connectivity index (χ3n) is 4.60. The Hall–Kier alpha value is -2.74. The SMILES string of the molecule is COc1ccc(C)cc1N([C@H](C)C(=O)NCCN(C)c1ccccc1)S(C)(=O)=O. The molecular formula is C21H29N3O4S. The molecule has 0 aromatic heterocycles. The summed E-state index contributed by atoms with van der Waals surface area (Å²) in [5.41, 5.74) is 2.25. The number of hydrogen-bond acceptors (Lipinski definition) is 5. The highest BCUT2D eigenvalue weighted by Gasteiger charge is 2.31. The van der Waals surface area contributed by atoms with Crippen LogP contribution in [0.1, 0.15) is 12.5 Å². The number of para-hydroxylation sites is 1. The van der Waals surface area contributed by atoms with Gasteiger partial charge in [-0.15, -0.1) is 0 Å². The normalized spacial score (nSPS) is 12.2. The van der Waals surface area contributed by atoms with Crippen molar-refractivity contribution in [2.24, 2.45) is 0 Å². The fourth-order valence-corrected chi connectivity index (χ4v) is 4.23. The van der Waals surface area contributed by atoms with Gasteiger partial charge in [0.15, 0.2) is 0 Å². The van der Waals surface area contributed by atoms with Crippen molar-refractivity contribution >= 4 is 27.3 Å². The van der Waals surface area contributed by atoms with Crippen LogP contribution in [0, 0.1) is 6.92 Å². The molecule has 1 N–H and O–H groups in total. The zero-order chi connectivity index (χ0) is 21.6. The number of anilines is 2. The number of hydrogen-bond donors (Lipinski definition) is 1. The second-order valence-corrected chi connectivity index (χ2v) is 8.82. The first kappa shape index (κ1) is 22.5. The molecule has 0 aliphatic heterocycles. The number of ether oxygens (including phenoxy) is 1. The number of carbonyl (C=O) groups excluding carboxylic acids is 1. The molecule has 2 rings (SSSR count). The second-order valence-electron chi connectivity index (χ2n) is 6.96. The maximum atomic E-state index is 12.7. The number of rotatable bonds is 9. The molecule has 158 valence electrons. The number of amides is 1. The molecule has 0 fully saturated rings. The third kappa shape index (κ3) is 5.87. The number of likely N-dealkylation sites (N-methyl/N-ethyl adjacent to an activating group) is 1. The average molecular weight is 420 g/mol. The molecule has 2 aromatic rings. The van der Waals surface area contributed by atoms with Gasteiger partial charge in [0.1, 0.15) is 11.8 Å². The van der Waals surface area contributed by atoms with E-state index >= 15 is 0 Å². The van der Waals surface area contributed by atoms with E-state index in [1.54, 1.807) is 19.1 Å². The minimum absolute atomic E-state index is 0.346. The molecule has 0 unspecified atom stereocenters. The summed E-state index contributed by atoms with van der Waals surface area (Å²) in [6.07, 6.45) is 1.09. The van der Waals surface area contributed by atoms with Gasteiger partial charge in [-0.25, -0.2) is 8.42 Å². The fourth-order valence-electron chi connectivity index (χ4n) is 3.06. The van der Waals surface area contributed by atoms with E-state index < -0.39 is 16.1 Å². The van der Waals surface area contributed by atoms with Crippen molar-refractivity contribution in [2.45, 2.75) is 19.9 Å². The molecule has 0 saturated heterocycles. The Kier molecular flexibility index (Phi) is 7.50. The first-order chi connectivity index (χ1) is 13.6. The molecule has 0 spiro atoms. The van der Waals surface area contributed by atoms with E-state index in [-0.39, 0.29) is 5.91 Å². The van der Waals surface area contributed by atoms with Crippen molar-refractivity contribution < 1.29 is 17.9 Å². The van der Waals surface area contributed by atoms with Gasteiger partial charge in [0, 0.05) is 25.8 Å². The van der Waals surface area contributed by atoms with Crippen molar-refractivity contribution in [3.8, 4) is 5.75 Å². The molecule has 2 aromatic carbocycles. The van der Waals surface area contributed by atoms with Crippen LogP contribution in [0.5, 0.6) is 5.75 Å². The third-order valence-corrected chi connectivity index (χ3v) is 5.83. The van der Waals surface area contributed by atoms with Crippen LogP contribution in [0.2, 0.25) is 0 Å². The number of nitrogens with zero attached hydrogens (tertiary/aromatic N) is 2. The lowest BCUT2D eigenvalue weighted by Gasteiger charge is -2.30. The number of aryl methyl sites for hydroxylation is 1. The predicted molar refractivity (Wildman–Crippen MR) is 117 cm³/mol. The minimum atomic E-state index is -3.71. The molecule has 0 saturated carbocycles. The van der Waals surface area contributed by atoms with Gasteiger partial charge in [0.25, 0.3) is 0 Å². The van der Waals surface area contributed by atoms with Gasteiger partial charge < -0.3 is 15.0 Å². The Morgan fingerprint density at radius 3 is 2.41 bits per heavy atom. The molecule has 1 amide bonds. The van der Waals surface area contributed by atoms with Crippen LogP contribution in [0.25, 0.3) is 0 Å². The Labute approximate surface area is 173 Å². The number of sulfonamides is 1. The monoisotopic (exact) mass is 419 g/mol. The van der Waals surface area contributed by atoms with Crippen LogP contribution in [0.15, 0.2) is 48.5 Å². The van der Waals surface area contributed by atoms with Crippen LogP contribution in [-0.2, 0) is 14.8 Å². The van der Waals surface area contributed by atoms with Crippen molar-refractivity contribution in [3.05, 3.63) is 54.1 Å². The molecule has 0 heterocycles. The van der Waals surface area contributed by atoms with Crippen molar-refractivity contribution in [2.75, 3.05) is 42.7 Å². The lowest BCUT2D eigenvalue weighted by molar-refractivity contribution is -0.121. The van der Waals surface area contributed by atoms with Crippen molar-refractivity contribution in [1.82, 2.24) is 5.32 Å². The van der Waals surface area contributed by atoms with E-state index in [4.69, 9.17) is 4.74 Å². The number of benzene rings is 2. The quantitative estimate of drug-likeness (QED) is 0.675. The van der Waals surface area contributed by atoms with E-state index in [1.165, 1.54) is 7.11 Å². The molecule has 8 heteroatoms. The highest BCUT2D eigenvalue weighted by molar-refractivity contribution is 7.92. The highest BCUT2D eigenvalue weighted by Crippen LogP contribution is 2.32. The van der Waals surface area contributed by atoms with Gasteiger partial charge in [0.2, 0.25) is 15.9 Å². The Balaban J connectivity index is 2.13. The first-order valence-corrected chi connectivity index (χ1v) is 11.2. The van der Waals surface area contributed by atoms with Gasteiger partial charge >= 0.3 is 0 Å².